The summed E-state index contributed by atoms with van der Waals surface area (Å²) in [5.74, 6) is -0.842. The first-order valence-corrected chi connectivity index (χ1v) is 20.9. The molecule has 0 saturated heterocycles. The van der Waals surface area contributed by atoms with Crippen molar-refractivity contribution in [3.8, 4) is 0 Å². The van der Waals surface area contributed by atoms with Crippen LogP contribution in [0, 0.1) is 0 Å². The number of likely N-dealkylation sites (N-methyl/N-ethyl adjacent to an activating group) is 1. The van der Waals surface area contributed by atoms with Crippen LogP contribution in [0.5, 0.6) is 0 Å². The molecule has 0 amide bonds. The van der Waals surface area contributed by atoms with Crippen molar-refractivity contribution in [2.45, 2.75) is 174 Å². The Labute approximate surface area is 295 Å². The van der Waals surface area contributed by atoms with Crippen molar-refractivity contribution < 1.29 is 42.1 Å². The van der Waals surface area contributed by atoms with Gasteiger partial charge in [-0.1, -0.05) is 129 Å². The van der Waals surface area contributed by atoms with Crippen molar-refractivity contribution in [2.75, 3.05) is 47.5 Å². The van der Waals surface area contributed by atoms with E-state index in [0.717, 1.165) is 57.8 Å². The van der Waals surface area contributed by atoms with Crippen molar-refractivity contribution in [2.24, 2.45) is 0 Å². The lowest BCUT2D eigenvalue weighted by Gasteiger charge is -2.28. The van der Waals surface area contributed by atoms with Crippen LogP contribution in [0.4, 0.5) is 0 Å². The van der Waals surface area contributed by atoms with E-state index in [0.29, 0.717) is 17.4 Å². The fourth-order valence-corrected chi connectivity index (χ4v) is 5.91. The molecule has 0 aromatic heterocycles. The highest BCUT2D eigenvalue weighted by molar-refractivity contribution is 7.45. The summed E-state index contributed by atoms with van der Waals surface area (Å²) in [7, 11) is 1.16. The minimum absolute atomic E-state index is 0.0298. The zero-order valence-corrected chi connectivity index (χ0v) is 32.6. The second kappa shape index (κ2) is 31.7. The summed E-state index contributed by atoms with van der Waals surface area (Å²) < 4.78 is 33.7. The summed E-state index contributed by atoms with van der Waals surface area (Å²) in [6, 6.07) is 0. The van der Waals surface area contributed by atoms with Crippen molar-refractivity contribution in [3.63, 3.8) is 0 Å². The van der Waals surface area contributed by atoms with E-state index in [1.54, 1.807) is 0 Å². The number of phosphoric acid groups is 1. The highest BCUT2D eigenvalue weighted by Gasteiger charge is 2.21. The molecule has 0 heterocycles. The molecule has 2 atom stereocenters. The quantitative estimate of drug-likeness (QED) is 0.0211. The molecule has 0 rings (SSSR count). The van der Waals surface area contributed by atoms with Crippen LogP contribution in [0.15, 0.2) is 12.2 Å². The zero-order valence-electron chi connectivity index (χ0n) is 31.7. The average molecular weight is 704 g/mol. The van der Waals surface area contributed by atoms with E-state index in [1.165, 1.54) is 77.0 Å². The number of allylic oxidation sites excluding steroid dienone is 2. The van der Waals surface area contributed by atoms with E-state index in [-0.39, 0.29) is 32.0 Å². The Kier molecular flexibility index (Phi) is 30.9. The second-order valence-corrected chi connectivity index (χ2v) is 15.7. The van der Waals surface area contributed by atoms with Crippen molar-refractivity contribution >= 4 is 19.8 Å². The summed E-state index contributed by atoms with van der Waals surface area (Å²) >= 11 is 0. The average Bonchev–Trinajstić information content (AvgIpc) is 3.02. The Balaban J connectivity index is 4.44. The molecular formula is C38H74NO8P. The van der Waals surface area contributed by atoms with Gasteiger partial charge in [0.1, 0.15) is 19.8 Å². The smallest absolute Gasteiger partial charge is 0.306 e. The molecule has 0 saturated carbocycles. The first kappa shape index (κ1) is 46.8. The molecular weight excluding hydrogens is 629 g/mol. The number of nitrogens with zero attached hydrogens (tertiary/aromatic N) is 1. The lowest BCUT2D eigenvalue weighted by Crippen LogP contribution is -2.37. The Morgan fingerprint density at radius 1 is 0.625 bits per heavy atom. The molecule has 0 aliphatic rings. The molecule has 0 aromatic rings. The van der Waals surface area contributed by atoms with Crippen molar-refractivity contribution in [3.05, 3.63) is 12.2 Å². The van der Waals surface area contributed by atoms with Gasteiger partial charge in [0.05, 0.1) is 27.7 Å². The van der Waals surface area contributed by atoms with Crippen LogP contribution < -0.4 is 4.89 Å². The fraction of sp³-hybridized carbons (Fsp3) is 0.895. The van der Waals surface area contributed by atoms with E-state index >= 15 is 0 Å². The topological polar surface area (TPSA) is 111 Å². The number of hydrogen-bond acceptors (Lipinski definition) is 8. The summed E-state index contributed by atoms with van der Waals surface area (Å²) in [5, 5.41) is 0. The molecule has 0 fully saturated rings. The predicted molar refractivity (Wildman–Crippen MR) is 195 cm³/mol. The van der Waals surface area contributed by atoms with Crippen LogP contribution in [-0.4, -0.2) is 70.0 Å². The normalized spacial score (nSPS) is 13.9. The largest absolute Gasteiger partial charge is 0.756 e. The summed E-state index contributed by atoms with van der Waals surface area (Å²) in [5.41, 5.74) is 0. The first-order chi connectivity index (χ1) is 23.0. The SMILES string of the molecule is CCCCC/C=C\CCCCCCCC(=O)OC(COC(=O)CCCCCCCCCCCCCC)COP(=O)([O-])OCC[N+](C)(C)C. The standard InChI is InChI=1S/C38H74NO8P/c1-6-8-10-12-14-16-18-20-22-24-26-28-30-37(40)44-34-36(35-46-48(42,43)45-33-32-39(3,4)5)47-38(41)31-29-27-25-23-21-19-17-15-13-11-9-7-2/h15,17,36H,6-14,16,18-35H2,1-5H3/b17-15-. The number of esters is 2. The van der Waals surface area contributed by atoms with Gasteiger partial charge in [-0.25, -0.2) is 0 Å². The number of unbranched alkanes of at least 4 members (excludes halogenated alkanes) is 19. The molecule has 0 aliphatic carbocycles. The minimum Gasteiger partial charge on any atom is -0.756 e. The molecule has 0 N–H and O–H groups in total. The van der Waals surface area contributed by atoms with Gasteiger partial charge in [-0.2, -0.15) is 0 Å². The predicted octanol–water partition coefficient (Wildman–Crippen LogP) is 9.61. The van der Waals surface area contributed by atoms with Gasteiger partial charge < -0.3 is 27.9 Å². The van der Waals surface area contributed by atoms with Crippen LogP contribution in [0.1, 0.15) is 168 Å². The van der Waals surface area contributed by atoms with E-state index < -0.39 is 26.5 Å². The molecule has 0 aliphatic heterocycles. The highest BCUT2D eigenvalue weighted by Crippen LogP contribution is 2.38. The van der Waals surface area contributed by atoms with Gasteiger partial charge in [-0.3, -0.25) is 14.2 Å². The molecule has 0 bridgehead atoms. The molecule has 2 unspecified atom stereocenters. The number of quaternary nitrogens is 1. The number of hydrogen-bond donors (Lipinski definition) is 0. The van der Waals surface area contributed by atoms with E-state index in [9.17, 15) is 19.0 Å². The Bertz CT molecular complexity index is 845. The maximum Gasteiger partial charge on any atom is 0.306 e. The molecule has 9 nitrogen and oxygen atoms in total. The lowest BCUT2D eigenvalue weighted by molar-refractivity contribution is -0.870. The molecule has 10 heteroatoms. The monoisotopic (exact) mass is 704 g/mol. The van der Waals surface area contributed by atoms with Gasteiger partial charge in [0.2, 0.25) is 0 Å². The lowest BCUT2D eigenvalue weighted by atomic mass is 10.0. The third-order valence-electron chi connectivity index (χ3n) is 8.29. The van der Waals surface area contributed by atoms with Crippen molar-refractivity contribution in [1.29, 1.82) is 0 Å². The maximum absolute atomic E-state index is 12.6. The van der Waals surface area contributed by atoms with Crippen LogP contribution in [0.25, 0.3) is 0 Å². The molecule has 0 aromatic carbocycles. The molecule has 48 heavy (non-hydrogen) atoms. The van der Waals surface area contributed by atoms with E-state index in [1.807, 2.05) is 21.1 Å². The Morgan fingerprint density at radius 3 is 1.58 bits per heavy atom. The summed E-state index contributed by atoms with van der Waals surface area (Å²) in [6.07, 6.45) is 29.5. The molecule has 0 radical (unpaired) electrons. The van der Waals surface area contributed by atoms with Gasteiger partial charge in [0, 0.05) is 12.8 Å². The van der Waals surface area contributed by atoms with Crippen LogP contribution in [-0.2, 0) is 32.7 Å². The Morgan fingerprint density at radius 2 is 1.06 bits per heavy atom. The van der Waals surface area contributed by atoms with Crippen LogP contribution in [0.2, 0.25) is 0 Å². The Hall–Kier alpha value is -1.25. The van der Waals surface area contributed by atoms with Gasteiger partial charge in [-0.15, -0.1) is 0 Å². The number of ether oxygens (including phenoxy) is 2. The highest BCUT2D eigenvalue weighted by atomic mass is 31.2. The third kappa shape index (κ3) is 34.6. The molecule has 284 valence electrons. The van der Waals surface area contributed by atoms with Gasteiger partial charge >= 0.3 is 11.9 Å². The summed E-state index contributed by atoms with van der Waals surface area (Å²) in [4.78, 5) is 37.3. The number of rotatable bonds is 35. The van der Waals surface area contributed by atoms with Gasteiger partial charge in [0.25, 0.3) is 7.82 Å². The van der Waals surface area contributed by atoms with E-state index in [4.69, 9.17) is 18.5 Å². The van der Waals surface area contributed by atoms with Crippen molar-refractivity contribution in [1.82, 2.24) is 0 Å². The van der Waals surface area contributed by atoms with E-state index in [2.05, 4.69) is 26.0 Å². The van der Waals surface area contributed by atoms with Crippen LogP contribution in [0.3, 0.4) is 0 Å². The zero-order chi connectivity index (χ0) is 35.8. The second-order valence-electron chi connectivity index (χ2n) is 14.3. The van der Waals surface area contributed by atoms with Gasteiger partial charge in [0.15, 0.2) is 6.10 Å². The minimum atomic E-state index is -4.61. The van der Waals surface area contributed by atoms with Crippen LogP contribution >= 0.6 is 7.82 Å². The maximum atomic E-state index is 12.6. The summed E-state index contributed by atoms with van der Waals surface area (Å²) in [6.45, 7) is 4.18. The fourth-order valence-electron chi connectivity index (χ4n) is 5.18. The number of phosphoric ester groups is 1. The van der Waals surface area contributed by atoms with Gasteiger partial charge in [-0.05, 0) is 38.5 Å². The first-order valence-electron chi connectivity index (χ1n) is 19.4. The number of carbonyl (C=O) groups is 2. The third-order valence-corrected chi connectivity index (χ3v) is 9.25. The molecule has 0 spiro atoms. The number of carbonyl (C=O) groups excluding carboxylic acids is 2.